The molecule has 0 amide bonds. The van der Waals surface area contributed by atoms with Gasteiger partial charge in [-0.25, -0.2) is 4.98 Å². The summed E-state index contributed by atoms with van der Waals surface area (Å²) >= 11 is 0. The van der Waals surface area contributed by atoms with Crippen LogP contribution in [0.25, 0.3) is 5.65 Å². The van der Waals surface area contributed by atoms with E-state index in [2.05, 4.69) is 51.8 Å². The minimum absolute atomic E-state index is 0.633. The van der Waals surface area contributed by atoms with Gasteiger partial charge in [0.1, 0.15) is 5.65 Å². The van der Waals surface area contributed by atoms with E-state index in [4.69, 9.17) is 0 Å². The van der Waals surface area contributed by atoms with Crippen LogP contribution in [0.3, 0.4) is 0 Å². The van der Waals surface area contributed by atoms with Crippen molar-refractivity contribution in [1.82, 2.24) is 19.6 Å². The first-order valence-electron chi connectivity index (χ1n) is 7.09. The average Bonchev–Trinajstić information content (AvgIpc) is 2.84. The molecule has 19 heavy (non-hydrogen) atoms. The van der Waals surface area contributed by atoms with Crippen molar-refractivity contribution in [1.29, 1.82) is 0 Å². The Morgan fingerprint density at radius 3 is 3.16 bits per heavy atom. The minimum Gasteiger partial charge on any atom is -0.316 e. The zero-order valence-corrected chi connectivity index (χ0v) is 11.8. The van der Waals surface area contributed by atoms with E-state index in [0.717, 1.165) is 18.7 Å². The number of likely N-dealkylation sites (tertiary alicyclic amines) is 1. The van der Waals surface area contributed by atoms with Gasteiger partial charge in [-0.15, -0.1) is 0 Å². The molecule has 2 aromatic rings. The van der Waals surface area contributed by atoms with Gasteiger partial charge in [0.05, 0.1) is 11.9 Å². The molecule has 0 bridgehead atoms. The number of hydrogen-bond donors (Lipinski definition) is 1. The largest absolute Gasteiger partial charge is 0.316 e. The summed E-state index contributed by atoms with van der Waals surface area (Å²) < 4.78 is 2.27. The van der Waals surface area contributed by atoms with Gasteiger partial charge in [-0.2, -0.15) is 0 Å². The maximum Gasteiger partial charge on any atom is 0.137 e. The molecule has 4 nitrogen and oxygen atoms in total. The van der Waals surface area contributed by atoms with Crippen LogP contribution in [0.1, 0.15) is 24.2 Å². The fraction of sp³-hybridized carbons (Fsp3) is 0.533. The van der Waals surface area contributed by atoms with Crippen LogP contribution in [-0.4, -0.2) is 40.5 Å². The van der Waals surface area contributed by atoms with Crippen LogP contribution in [0.5, 0.6) is 0 Å². The zero-order chi connectivity index (χ0) is 13.2. The monoisotopic (exact) mass is 258 g/mol. The molecule has 0 aromatic carbocycles. The number of pyridine rings is 1. The molecule has 4 heteroatoms. The molecule has 1 unspecified atom stereocenters. The van der Waals surface area contributed by atoms with Crippen molar-refractivity contribution >= 4 is 5.65 Å². The summed E-state index contributed by atoms with van der Waals surface area (Å²) in [6, 6.07) is 6.92. The van der Waals surface area contributed by atoms with Crippen molar-refractivity contribution in [2.75, 3.05) is 20.1 Å². The molecule has 0 saturated carbocycles. The summed E-state index contributed by atoms with van der Waals surface area (Å²) in [4.78, 5) is 7.03. The van der Waals surface area contributed by atoms with Gasteiger partial charge in [0.15, 0.2) is 0 Å². The Morgan fingerprint density at radius 1 is 1.42 bits per heavy atom. The lowest BCUT2D eigenvalue weighted by Gasteiger charge is -2.32. The van der Waals surface area contributed by atoms with Crippen molar-refractivity contribution in [3.8, 4) is 0 Å². The smallest absolute Gasteiger partial charge is 0.137 e. The lowest BCUT2D eigenvalue weighted by atomic mass is 10.1. The van der Waals surface area contributed by atoms with Gasteiger partial charge in [-0.05, 0) is 45.5 Å². The molecule has 102 valence electrons. The SMILES string of the molecule is CNC1CCCN(Cc2cnc3cccc(C)n23)C1. The second kappa shape index (κ2) is 5.31. The zero-order valence-electron chi connectivity index (χ0n) is 11.8. The van der Waals surface area contributed by atoms with Crippen LogP contribution in [-0.2, 0) is 6.54 Å². The average molecular weight is 258 g/mol. The third-order valence-corrected chi connectivity index (χ3v) is 4.10. The maximum atomic E-state index is 4.50. The van der Waals surface area contributed by atoms with Crippen LogP contribution < -0.4 is 5.32 Å². The van der Waals surface area contributed by atoms with Gasteiger partial charge in [0.25, 0.3) is 0 Å². The molecule has 1 aliphatic rings. The van der Waals surface area contributed by atoms with E-state index in [1.165, 1.54) is 30.8 Å². The van der Waals surface area contributed by atoms with E-state index in [1.807, 2.05) is 6.20 Å². The number of rotatable bonds is 3. The molecule has 1 fully saturated rings. The second-order valence-corrected chi connectivity index (χ2v) is 5.47. The maximum absolute atomic E-state index is 4.50. The highest BCUT2D eigenvalue weighted by molar-refractivity contribution is 5.42. The van der Waals surface area contributed by atoms with Crippen molar-refractivity contribution in [3.63, 3.8) is 0 Å². The Kier molecular flexibility index (Phi) is 3.53. The van der Waals surface area contributed by atoms with Crippen molar-refractivity contribution < 1.29 is 0 Å². The van der Waals surface area contributed by atoms with Gasteiger partial charge in [-0.1, -0.05) is 6.07 Å². The number of piperidine rings is 1. The molecule has 0 radical (unpaired) electrons. The molecular formula is C15H22N4. The summed E-state index contributed by atoms with van der Waals surface area (Å²) in [5.74, 6) is 0. The highest BCUT2D eigenvalue weighted by Gasteiger charge is 2.19. The highest BCUT2D eigenvalue weighted by Crippen LogP contribution is 2.16. The lowest BCUT2D eigenvalue weighted by Crippen LogP contribution is -2.44. The fourth-order valence-electron chi connectivity index (χ4n) is 3.05. The number of nitrogens with one attached hydrogen (secondary N) is 1. The summed E-state index contributed by atoms with van der Waals surface area (Å²) in [7, 11) is 2.06. The first-order chi connectivity index (χ1) is 9.28. The van der Waals surface area contributed by atoms with Crippen LogP contribution in [0.2, 0.25) is 0 Å². The molecule has 3 rings (SSSR count). The Hall–Kier alpha value is -1.39. The number of aryl methyl sites for hydroxylation is 1. The highest BCUT2D eigenvalue weighted by atomic mass is 15.2. The van der Waals surface area contributed by atoms with E-state index in [0.29, 0.717) is 6.04 Å². The van der Waals surface area contributed by atoms with Crippen LogP contribution in [0.4, 0.5) is 0 Å². The van der Waals surface area contributed by atoms with E-state index in [1.54, 1.807) is 0 Å². The molecule has 1 aliphatic heterocycles. The summed E-state index contributed by atoms with van der Waals surface area (Å²) in [5.41, 5.74) is 3.61. The van der Waals surface area contributed by atoms with Gasteiger partial charge in [-0.3, -0.25) is 4.90 Å². The number of aromatic nitrogens is 2. The number of nitrogens with zero attached hydrogens (tertiary/aromatic N) is 3. The summed E-state index contributed by atoms with van der Waals surface area (Å²) in [5, 5.41) is 3.40. The number of likely N-dealkylation sites (N-methyl/N-ethyl adjacent to an activating group) is 1. The molecule has 3 heterocycles. The molecule has 1 saturated heterocycles. The predicted octanol–water partition coefficient (Wildman–Crippen LogP) is 1.83. The van der Waals surface area contributed by atoms with Crippen molar-refractivity contribution in [3.05, 3.63) is 35.8 Å². The van der Waals surface area contributed by atoms with Gasteiger partial charge < -0.3 is 9.72 Å². The van der Waals surface area contributed by atoms with Crippen molar-refractivity contribution in [2.45, 2.75) is 32.4 Å². The second-order valence-electron chi connectivity index (χ2n) is 5.47. The van der Waals surface area contributed by atoms with E-state index in [-0.39, 0.29) is 0 Å². The quantitative estimate of drug-likeness (QED) is 0.911. The van der Waals surface area contributed by atoms with Gasteiger partial charge in [0.2, 0.25) is 0 Å². The standard InChI is InChI=1S/C15H22N4/c1-12-5-3-7-15-17-9-14(19(12)15)11-18-8-4-6-13(10-18)16-2/h3,5,7,9,13,16H,4,6,8,10-11H2,1-2H3. The Labute approximate surface area is 114 Å². The molecule has 2 aromatic heterocycles. The summed E-state index contributed by atoms with van der Waals surface area (Å²) in [6.45, 7) is 5.46. The van der Waals surface area contributed by atoms with E-state index < -0.39 is 0 Å². The summed E-state index contributed by atoms with van der Waals surface area (Å²) in [6.07, 6.45) is 4.59. The van der Waals surface area contributed by atoms with Gasteiger partial charge >= 0.3 is 0 Å². The van der Waals surface area contributed by atoms with Crippen LogP contribution in [0, 0.1) is 6.92 Å². The minimum atomic E-state index is 0.633. The molecule has 1 atom stereocenters. The van der Waals surface area contributed by atoms with Crippen LogP contribution >= 0.6 is 0 Å². The van der Waals surface area contributed by atoms with E-state index >= 15 is 0 Å². The molecular weight excluding hydrogens is 236 g/mol. The molecule has 1 N–H and O–H groups in total. The Bertz CT molecular complexity index is 560. The Morgan fingerprint density at radius 2 is 2.32 bits per heavy atom. The number of hydrogen-bond acceptors (Lipinski definition) is 3. The van der Waals surface area contributed by atoms with Gasteiger partial charge in [0, 0.05) is 24.8 Å². The molecule has 0 aliphatic carbocycles. The fourth-order valence-corrected chi connectivity index (χ4v) is 3.05. The van der Waals surface area contributed by atoms with Crippen molar-refractivity contribution in [2.24, 2.45) is 0 Å². The predicted molar refractivity (Wildman–Crippen MR) is 77.3 cm³/mol. The van der Waals surface area contributed by atoms with E-state index in [9.17, 15) is 0 Å². The first kappa shape index (κ1) is 12.6. The Balaban J connectivity index is 1.81. The first-order valence-corrected chi connectivity index (χ1v) is 7.09. The number of imidazole rings is 1. The molecule has 0 spiro atoms. The number of fused-ring (bicyclic) bond motifs is 1. The topological polar surface area (TPSA) is 32.6 Å². The normalized spacial score (nSPS) is 21.1. The van der Waals surface area contributed by atoms with Crippen LogP contribution in [0.15, 0.2) is 24.4 Å². The lowest BCUT2D eigenvalue weighted by molar-refractivity contribution is 0.185. The third kappa shape index (κ3) is 2.51. The third-order valence-electron chi connectivity index (χ3n) is 4.10.